The van der Waals surface area contributed by atoms with E-state index in [2.05, 4.69) is 5.43 Å². The highest BCUT2D eigenvalue weighted by atomic mass is 16.5. The number of rotatable bonds is 4. The molecule has 2 aliphatic rings. The molecule has 3 rings (SSSR count). The van der Waals surface area contributed by atoms with Crippen molar-refractivity contribution in [3.05, 3.63) is 22.9 Å². The number of amides is 1. The number of aromatic nitrogens is 2. The van der Waals surface area contributed by atoms with Crippen LogP contribution in [-0.4, -0.2) is 27.2 Å². The van der Waals surface area contributed by atoms with E-state index in [1.807, 2.05) is 6.20 Å². The smallest absolute Gasteiger partial charge is 0.328 e. The molecule has 1 aromatic rings. The summed E-state index contributed by atoms with van der Waals surface area (Å²) in [6, 6.07) is 0.383. The van der Waals surface area contributed by atoms with Crippen LogP contribution in [-0.2, 0) is 16.1 Å². The fourth-order valence-corrected chi connectivity index (χ4v) is 2.54. The number of nitrogens with two attached hydrogens (primary N) is 1. The quantitative estimate of drug-likeness (QED) is 0.437. The van der Waals surface area contributed by atoms with E-state index in [0.717, 1.165) is 19.3 Å². The second-order valence-electron chi connectivity index (χ2n) is 5.20. The second kappa shape index (κ2) is 4.82. The van der Waals surface area contributed by atoms with Crippen molar-refractivity contribution < 1.29 is 9.53 Å². The first-order chi connectivity index (χ1) is 9.19. The molecule has 0 bridgehead atoms. The standard InChI is InChI=1S/C12H18N4O3/c13-14-11(17)10-4-3-9(19-10)7-15-5-6-16(12(15)18)8-1-2-8/h5-6,8-10H,1-4,7,13H2,(H,14,17). The molecule has 104 valence electrons. The first-order valence-corrected chi connectivity index (χ1v) is 6.62. The Morgan fingerprint density at radius 3 is 2.84 bits per heavy atom. The Balaban J connectivity index is 1.63. The lowest BCUT2D eigenvalue weighted by Crippen LogP contribution is -2.39. The number of hydrazine groups is 1. The zero-order chi connectivity index (χ0) is 13.4. The monoisotopic (exact) mass is 266 g/mol. The van der Waals surface area contributed by atoms with E-state index in [1.165, 1.54) is 0 Å². The Morgan fingerprint density at radius 2 is 2.16 bits per heavy atom. The molecule has 2 unspecified atom stereocenters. The highest BCUT2D eigenvalue weighted by Gasteiger charge is 2.31. The zero-order valence-corrected chi connectivity index (χ0v) is 10.6. The molecule has 2 heterocycles. The molecule has 1 aliphatic heterocycles. The summed E-state index contributed by atoms with van der Waals surface area (Å²) < 4.78 is 9.03. The minimum absolute atomic E-state index is 0.0119. The van der Waals surface area contributed by atoms with Crippen LogP contribution in [0.4, 0.5) is 0 Å². The van der Waals surface area contributed by atoms with E-state index in [0.29, 0.717) is 19.0 Å². The van der Waals surface area contributed by atoms with Gasteiger partial charge in [0.25, 0.3) is 5.91 Å². The molecular formula is C12H18N4O3. The molecule has 19 heavy (non-hydrogen) atoms. The summed E-state index contributed by atoms with van der Waals surface area (Å²) in [4.78, 5) is 23.4. The van der Waals surface area contributed by atoms with Crippen LogP contribution in [0.5, 0.6) is 0 Å². The van der Waals surface area contributed by atoms with Crippen molar-refractivity contribution in [3.63, 3.8) is 0 Å². The molecule has 1 aliphatic carbocycles. The first kappa shape index (κ1) is 12.4. The SMILES string of the molecule is NNC(=O)C1CCC(Cn2ccn(C3CC3)c2=O)O1. The Kier molecular flexibility index (Phi) is 3.16. The molecule has 7 nitrogen and oxygen atoms in total. The van der Waals surface area contributed by atoms with Crippen molar-refractivity contribution in [2.24, 2.45) is 5.84 Å². The van der Waals surface area contributed by atoms with Crippen molar-refractivity contribution >= 4 is 5.91 Å². The molecule has 3 N–H and O–H groups in total. The van der Waals surface area contributed by atoms with Gasteiger partial charge in [0.2, 0.25) is 0 Å². The third kappa shape index (κ3) is 2.43. The molecule has 2 fully saturated rings. The van der Waals surface area contributed by atoms with Crippen LogP contribution in [0.25, 0.3) is 0 Å². The largest absolute Gasteiger partial charge is 0.363 e. The zero-order valence-electron chi connectivity index (χ0n) is 10.6. The molecule has 0 aromatic carbocycles. The maximum absolute atomic E-state index is 12.1. The number of hydrogen-bond acceptors (Lipinski definition) is 4. The first-order valence-electron chi connectivity index (χ1n) is 6.62. The lowest BCUT2D eigenvalue weighted by molar-refractivity contribution is -0.132. The number of nitrogens with zero attached hydrogens (tertiary/aromatic N) is 2. The van der Waals surface area contributed by atoms with E-state index in [-0.39, 0.29) is 17.7 Å². The van der Waals surface area contributed by atoms with E-state index in [1.54, 1.807) is 15.3 Å². The lowest BCUT2D eigenvalue weighted by Gasteiger charge is -2.12. The molecule has 1 saturated carbocycles. The Hall–Kier alpha value is -1.60. The predicted octanol–water partition coefficient (Wildman–Crippen LogP) is -0.478. The summed E-state index contributed by atoms with van der Waals surface area (Å²) >= 11 is 0. The summed E-state index contributed by atoms with van der Waals surface area (Å²) in [6.45, 7) is 0.493. The normalized spacial score (nSPS) is 26.6. The third-order valence-electron chi connectivity index (χ3n) is 3.76. The Labute approximate surface area is 110 Å². The highest BCUT2D eigenvalue weighted by molar-refractivity contribution is 5.80. The van der Waals surface area contributed by atoms with Gasteiger partial charge in [-0.15, -0.1) is 0 Å². The van der Waals surface area contributed by atoms with Crippen LogP contribution in [0.3, 0.4) is 0 Å². The van der Waals surface area contributed by atoms with Gasteiger partial charge in [-0.2, -0.15) is 0 Å². The fourth-order valence-electron chi connectivity index (χ4n) is 2.54. The Bertz CT molecular complexity index is 531. The maximum Gasteiger partial charge on any atom is 0.328 e. The van der Waals surface area contributed by atoms with Crippen LogP contribution < -0.4 is 17.0 Å². The van der Waals surface area contributed by atoms with Gasteiger partial charge in [0, 0.05) is 18.4 Å². The van der Waals surface area contributed by atoms with Crippen LogP contribution in [0, 0.1) is 0 Å². The van der Waals surface area contributed by atoms with E-state index in [4.69, 9.17) is 10.6 Å². The minimum Gasteiger partial charge on any atom is -0.363 e. The number of carbonyl (C=O) groups is 1. The fraction of sp³-hybridized carbons (Fsp3) is 0.667. The van der Waals surface area contributed by atoms with Crippen molar-refractivity contribution in [3.8, 4) is 0 Å². The van der Waals surface area contributed by atoms with E-state index >= 15 is 0 Å². The molecule has 0 radical (unpaired) electrons. The topological polar surface area (TPSA) is 91.3 Å². The summed E-state index contributed by atoms with van der Waals surface area (Å²) in [5.74, 6) is 4.78. The van der Waals surface area contributed by atoms with Crippen LogP contribution in [0.1, 0.15) is 31.7 Å². The van der Waals surface area contributed by atoms with Gasteiger partial charge in [0.05, 0.1) is 12.6 Å². The molecule has 1 aromatic heterocycles. The van der Waals surface area contributed by atoms with Crippen LogP contribution in [0.15, 0.2) is 17.2 Å². The molecular weight excluding hydrogens is 248 g/mol. The van der Waals surface area contributed by atoms with Crippen LogP contribution >= 0.6 is 0 Å². The molecule has 1 saturated heterocycles. The van der Waals surface area contributed by atoms with Crippen molar-refractivity contribution in [2.45, 2.75) is 50.5 Å². The van der Waals surface area contributed by atoms with Gasteiger partial charge < -0.3 is 4.74 Å². The van der Waals surface area contributed by atoms with Gasteiger partial charge in [-0.3, -0.25) is 19.4 Å². The third-order valence-corrected chi connectivity index (χ3v) is 3.76. The molecule has 1 amide bonds. The van der Waals surface area contributed by atoms with Gasteiger partial charge in [-0.05, 0) is 25.7 Å². The summed E-state index contributed by atoms with van der Waals surface area (Å²) in [6.07, 6.45) is 6.61. The number of carbonyl (C=O) groups excluding carboxylic acids is 1. The molecule has 0 spiro atoms. The number of imidazole rings is 1. The number of hydrogen-bond donors (Lipinski definition) is 2. The second-order valence-corrected chi connectivity index (χ2v) is 5.20. The number of ether oxygens (including phenoxy) is 1. The maximum atomic E-state index is 12.1. The van der Waals surface area contributed by atoms with Gasteiger partial charge in [-0.25, -0.2) is 10.6 Å². The summed E-state index contributed by atoms with van der Waals surface area (Å²) in [5.41, 5.74) is 2.11. The van der Waals surface area contributed by atoms with Crippen LogP contribution in [0.2, 0.25) is 0 Å². The predicted molar refractivity (Wildman–Crippen MR) is 67.2 cm³/mol. The lowest BCUT2D eigenvalue weighted by atomic mass is 10.2. The van der Waals surface area contributed by atoms with Gasteiger partial charge in [0.15, 0.2) is 0 Å². The van der Waals surface area contributed by atoms with E-state index < -0.39 is 6.10 Å². The summed E-state index contributed by atoms with van der Waals surface area (Å²) in [7, 11) is 0. The van der Waals surface area contributed by atoms with Crippen molar-refractivity contribution in [2.75, 3.05) is 0 Å². The highest BCUT2D eigenvalue weighted by Crippen LogP contribution is 2.33. The molecule has 7 heteroatoms. The van der Waals surface area contributed by atoms with Gasteiger partial charge in [0.1, 0.15) is 6.10 Å². The average Bonchev–Trinajstić information content (AvgIpc) is 3.04. The van der Waals surface area contributed by atoms with Crippen molar-refractivity contribution in [1.82, 2.24) is 14.6 Å². The average molecular weight is 266 g/mol. The van der Waals surface area contributed by atoms with Gasteiger partial charge >= 0.3 is 5.69 Å². The Morgan fingerprint density at radius 1 is 1.37 bits per heavy atom. The summed E-state index contributed by atoms with van der Waals surface area (Å²) in [5, 5.41) is 0. The van der Waals surface area contributed by atoms with Gasteiger partial charge in [-0.1, -0.05) is 0 Å². The number of nitrogens with one attached hydrogen (secondary N) is 1. The van der Waals surface area contributed by atoms with Crippen molar-refractivity contribution in [1.29, 1.82) is 0 Å². The minimum atomic E-state index is -0.490. The molecule has 2 atom stereocenters. The van der Waals surface area contributed by atoms with E-state index in [9.17, 15) is 9.59 Å².